The topological polar surface area (TPSA) is 69.0 Å². The predicted octanol–water partition coefficient (Wildman–Crippen LogP) is 7.38. The lowest BCUT2D eigenvalue weighted by Crippen LogP contribution is -2.43. The molecule has 0 unspecified atom stereocenters. The van der Waals surface area contributed by atoms with Gasteiger partial charge in [-0.3, -0.25) is 4.79 Å². The Kier molecular flexibility index (Phi) is 18.6. The van der Waals surface area contributed by atoms with Crippen LogP contribution in [0.25, 0.3) is 0 Å². The van der Waals surface area contributed by atoms with Gasteiger partial charge < -0.3 is 14.2 Å². The number of nitrogens with zero attached hydrogens (tertiary/aromatic N) is 2. The number of ether oxygens (including phenoxy) is 3. The summed E-state index contributed by atoms with van der Waals surface area (Å²) in [6, 6.07) is 5.75. The van der Waals surface area contributed by atoms with E-state index in [1.54, 1.807) is 0 Å². The summed E-state index contributed by atoms with van der Waals surface area (Å²) in [5.74, 6) is -0.00860. The van der Waals surface area contributed by atoms with E-state index in [2.05, 4.69) is 6.92 Å². The maximum atomic E-state index is 12.7. The summed E-state index contributed by atoms with van der Waals surface area (Å²) in [5.41, 5.74) is 0.880. The summed E-state index contributed by atoms with van der Waals surface area (Å²) >= 11 is 0. The molecule has 7 nitrogen and oxygen atoms in total. The fourth-order valence-corrected chi connectivity index (χ4v) is 5.33. The molecule has 1 aromatic rings. The van der Waals surface area contributed by atoms with Crippen LogP contribution in [-0.2, 0) is 32.1 Å². The minimum Gasteiger partial charge on any atom is -0.446 e. The Bertz CT molecular complexity index is 818. The van der Waals surface area contributed by atoms with Crippen molar-refractivity contribution < 1.29 is 28.4 Å². The lowest BCUT2D eigenvalue weighted by Gasteiger charge is -2.19. The molecule has 0 saturated carbocycles. The van der Waals surface area contributed by atoms with Crippen LogP contribution >= 0.6 is 0 Å². The quantitative estimate of drug-likeness (QED) is 0.109. The number of rotatable bonds is 22. The number of pyridine rings is 1. The van der Waals surface area contributed by atoms with Crippen LogP contribution in [0.2, 0.25) is 0 Å². The third kappa shape index (κ3) is 14.6. The first-order valence-corrected chi connectivity index (χ1v) is 16.2. The lowest BCUT2D eigenvalue weighted by molar-refractivity contribution is -0.701. The molecular weight excluding hydrogens is 504 g/mol. The number of carbonyl (C=O) groups excluding carboxylic acids is 2. The molecule has 0 radical (unpaired) electrons. The van der Waals surface area contributed by atoms with Gasteiger partial charge in [0.05, 0.1) is 19.3 Å². The molecule has 2 rings (SSSR count). The fourth-order valence-electron chi connectivity index (χ4n) is 5.33. The molecule has 1 aliphatic heterocycles. The molecule has 0 aromatic carbocycles. The number of amides is 2. The van der Waals surface area contributed by atoms with Gasteiger partial charge in [0.1, 0.15) is 19.7 Å². The molecule has 0 bridgehead atoms. The summed E-state index contributed by atoms with van der Waals surface area (Å²) in [4.78, 5) is 25.9. The van der Waals surface area contributed by atoms with E-state index >= 15 is 0 Å². The Hall–Kier alpha value is -1.99. The smallest absolute Gasteiger partial charge is 0.417 e. The molecule has 2 heterocycles. The molecule has 228 valence electrons. The second-order valence-electron chi connectivity index (χ2n) is 11.4. The van der Waals surface area contributed by atoms with E-state index < -0.39 is 6.09 Å². The van der Waals surface area contributed by atoms with Crippen molar-refractivity contribution in [1.82, 2.24) is 4.90 Å². The first kappa shape index (κ1) is 34.2. The highest BCUT2D eigenvalue weighted by atomic mass is 16.6. The van der Waals surface area contributed by atoms with Gasteiger partial charge in [0.25, 0.3) is 0 Å². The molecule has 1 saturated heterocycles. The van der Waals surface area contributed by atoms with Crippen LogP contribution in [0.3, 0.4) is 0 Å². The SMILES string of the molecule is CCCCCCCCCCCCCCCCOC[C@@H]1CO[C@H](COC(=O)N(Cc2cccc[n+]2CC)C(C)=O)C1. The second kappa shape index (κ2) is 21.7. The Morgan fingerprint density at radius 3 is 2.12 bits per heavy atom. The van der Waals surface area contributed by atoms with E-state index in [0.717, 1.165) is 36.6 Å². The third-order valence-electron chi connectivity index (χ3n) is 7.85. The van der Waals surface area contributed by atoms with E-state index in [1.165, 1.54) is 90.4 Å². The molecule has 1 aliphatic rings. The molecular formula is C33H57N2O5+. The van der Waals surface area contributed by atoms with Crippen molar-refractivity contribution in [3.05, 3.63) is 30.1 Å². The van der Waals surface area contributed by atoms with Gasteiger partial charge in [0, 0.05) is 31.6 Å². The van der Waals surface area contributed by atoms with Gasteiger partial charge in [-0.15, -0.1) is 0 Å². The maximum absolute atomic E-state index is 12.7. The Morgan fingerprint density at radius 1 is 0.900 bits per heavy atom. The number of aromatic nitrogens is 1. The lowest BCUT2D eigenvalue weighted by atomic mass is 10.0. The van der Waals surface area contributed by atoms with E-state index in [1.807, 2.05) is 35.9 Å². The highest BCUT2D eigenvalue weighted by Gasteiger charge is 2.29. The molecule has 0 spiro atoms. The van der Waals surface area contributed by atoms with Crippen molar-refractivity contribution in [2.45, 2.75) is 136 Å². The molecule has 1 fully saturated rings. The average molecular weight is 562 g/mol. The summed E-state index contributed by atoms with van der Waals surface area (Å²) in [5, 5.41) is 0. The molecule has 7 heteroatoms. The van der Waals surface area contributed by atoms with Gasteiger partial charge >= 0.3 is 6.09 Å². The number of unbranched alkanes of at least 4 members (excludes halogenated alkanes) is 13. The molecule has 40 heavy (non-hydrogen) atoms. The van der Waals surface area contributed by atoms with Crippen LogP contribution in [0.15, 0.2) is 24.4 Å². The Balaban J connectivity index is 1.46. The summed E-state index contributed by atoms with van der Waals surface area (Å²) in [6.07, 6.45) is 21.0. The first-order chi connectivity index (χ1) is 19.5. The van der Waals surface area contributed by atoms with Crippen molar-refractivity contribution in [3.63, 3.8) is 0 Å². The van der Waals surface area contributed by atoms with Gasteiger partial charge in [0.15, 0.2) is 6.20 Å². The predicted molar refractivity (Wildman–Crippen MR) is 159 cm³/mol. The van der Waals surface area contributed by atoms with Crippen LogP contribution < -0.4 is 4.57 Å². The van der Waals surface area contributed by atoms with E-state index in [4.69, 9.17) is 14.2 Å². The highest BCUT2D eigenvalue weighted by Crippen LogP contribution is 2.21. The minimum atomic E-state index is -0.625. The summed E-state index contributed by atoms with van der Waals surface area (Å²) < 4.78 is 19.2. The third-order valence-corrected chi connectivity index (χ3v) is 7.85. The maximum Gasteiger partial charge on any atom is 0.417 e. The monoisotopic (exact) mass is 561 g/mol. The number of aryl methyl sites for hydroxylation is 1. The van der Waals surface area contributed by atoms with E-state index in [9.17, 15) is 9.59 Å². The molecule has 1 aromatic heterocycles. The summed E-state index contributed by atoms with van der Waals surface area (Å²) in [6.45, 7) is 8.90. The van der Waals surface area contributed by atoms with Crippen molar-refractivity contribution in [2.24, 2.45) is 5.92 Å². The van der Waals surface area contributed by atoms with Gasteiger partial charge in [-0.25, -0.2) is 14.3 Å². The van der Waals surface area contributed by atoms with Crippen LogP contribution in [0.1, 0.15) is 123 Å². The molecule has 2 atom stereocenters. The van der Waals surface area contributed by atoms with Crippen LogP contribution in [0.5, 0.6) is 0 Å². The van der Waals surface area contributed by atoms with Crippen LogP contribution in [0.4, 0.5) is 4.79 Å². The molecule has 0 N–H and O–H groups in total. The largest absolute Gasteiger partial charge is 0.446 e. The van der Waals surface area contributed by atoms with Crippen molar-refractivity contribution in [2.75, 3.05) is 26.4 Å². The Morgan fingerprint density at radius 2 is 1.52 bits per heavy atom. The molecule has 0 aliphatic carbocycles. The normalized spacial score (nSPS) is 16.8. The van der Waals surface area contributed by atoms with Crippen molar-refractivity contribution in [3.8, 4) is 0 Å². The Labute approximate surface area is 243 Å². The number of carbonyl (C=O) groups is 2. The zero-order valence-electron chi connectivity index (χ0n) is 25.7. The van der Waals surface area contributed by atoms with Gasteiger partial charge in [-0.2, -0.15) is 0 Å². The van der Waals surface area contributed by atoms with Crippen LogP contribution in [0, 0.1) is 5.92 Å². The zero-order valence-corrected chi connectivity index (χ0v) is 25.7. The van der Waals surface area contributed by atoms with E-state index in [0.29, 0.717) is 19.1 Å². The molecule has 2 amide bonds. The van der Waals surface area contributed by atoms with Gasteiger partial charge in [-0.05, 0) is 19.8 Å². The number of imide groups is 1. The fraction of sp³-hybridized carbons (Fsp3) is 0.788. The standard InChI is InChI=1S/C33H57N2O5/c1-4-6-7-8-9-10-11-12-13-14-15-16-17-20-23-38-26-30-24-32(39-27-30)28-40-33(37)35(29(3)36)25-31-21-18-19-22-34(31)5-2/h18-19,21-22,30,32H,4-17,20,23-28H2,1-3H3/q+1/t30-,32+/m1/s1. The summed E-state index contributed by atoms with van der Waals surface area (Å²) in [7, 11) is 0. The van der Waals surface area contributed by atoms with Gasteiger partial charge in [0.2, 0.25) is 11.6 Å². The van der Waals surface area contributed by atoms with Gasteiger partial charge in [-0.1, -0.05) is 96.5 Å². The zero-order chi connectivity index (χ0) is 28.8. The van der Waals surface area contributed by atoms with Crippen molar-refractivity contribution in [1.29, 1.82) is 0 Å². The number of hydrogen-bond acceptors (Lipinski definition) is 5. The highest BCUT2D eigenvalue weighted by molar-refractivity contribution is 5.90. The second-order valence-corrected chi connectivity index (χ2v) is 11.4. The van der Waals surface area contributed by atoms with Crippen LogP contribution in [-0.4, -0.2) is 49.4 Å². The minimum absolute atomic E-state index is 0.148. The first-order valence-electron chi connectivity index (χ1n) is 16.2. The van der Waals surface area contributed by atoms with E-state index in [-0.39, 0.29) is 25.2 Å². The van der Waals surface area contributed by atoms with Crippen molar-refractivity contribution >= 4 is 12.0 Å². The average Bonchev–Trinajstić information content (AvgIpc) is 3.42. The number of hydrogen-bond donors (Lipinski definition) is 0.